The highest BCUT2D eigenvalue weighted by Crippen LogP contribution is 2.14. The Labute approximate surface area is 94.2 Å². The molecule has 2 heterocycles. The van der Waals surface area contributed by atoms with E-state index in [0.717, 1.165) is 17.9 Å². The fraction of sp³-hybridized carbons (Fsp3) is 0.250. The van der Waals surface area contributed by atoms with Crippen LogP contribution in [-0.4, -0.2) is 14.5 Å². The van der Waals surface area contributed by atoms with Gasteiger partial charge in [0.15, 0.2) is 5.82 Å². The summed E-state index contributed by atoms with van der Waals surface area (Å²) in [6.07, 6.45) is 4.37. The molecule has 0 bridgehead atoms. The molecule has 0 N–H and O–H groups in total. The molecule has 0 fully saturated rings. The molecule has 0 saturated heterocycles. The van der Waals surface area contributed by atoms with Crippen molar-refractivity contribution in [3.63, 3.8) is 0 Å². The monoisotopic (exact) mass is 212 g/mol. The number of rotatable bonds is 2. The smallest absolute Gasteiger partial charge is 0.156 e. The van der Waals surface area contributed by atoms with E-state index in [0.29, 0.717) is 11.4 Å². The molecule has 0 unspecified atom stereocenters. The number of hydrogen-bond acceptors (Lipinski definition) is 3. The van der Waals surface area contributed by atoms with E-state index in [1.165, 1.54) is 0 Å². The highest BCUT2D eigenvalue weighted by Gasteiger charge is 2.09. The van der Waals surface area contributed by atoms with Crippen LogP contribution in [0.4, 0.5) is 0 Å². The summed E-state index contributed by atoms with van der Waals surface area (Å²) >= 11 is 0. The fourth-order valence-corrected chi connectivity index (χ4v) is 1.60. The number of pyridine rings is 1. The van der Waals surface area contributed by atoms with Crippen molar-refractivity contribution >= 4 is 0 Å². The molecule has 80 valence electrons. The maximum Gasteiger partial charge on any atom is 0.156 e. The summed E-state index contributed by atoms with van der Waals surface area (Å²) in [7, 11) is 0. The Bertz CT molecular complexity index is 548. The largest absolute Gasteiger partial charge is 0.287 e. The second-order valence-corrected chi connectivity index (χ2v) is 3.50. The Morgan fingerprint density at radius 3 is 2.94 bits per heavy atom. The minimum absolute atomic E-state index is 0.568. The molecule has 0 saturated carbocycles. The van der Waals surface area contributed by atoms with Crippen molar-refractivity contribution < 1.29 is 0 Å². The predicted octanol–water partition coefficient (Wildman–Crippen LogP) is 2.01. The number of imidazole rings is 1. The Morgan fingerprint density at radius 2 is 2.25 bits per heavy atom. The van der Waals surface area contributed by atoms with Crippen LogP contribution in [0.3, 0.4) is 0 Å². The molecular weight excluding hydrogens is 200 g/mol. The average molecular weight is 212 g/mol. The highest BCUT2D eigenvalue weighted by molar-refractivity contribution is 5.44. The van der Waals surface area contributed by atoms with Gasteiger partial charge in [0, 0.05) is 24.5 Å². The molecule has 0 spiro atoms. The van der Waals surface area contributed by atoms with Crippen molar-refractivity contribution in [2.45, 2.75) is 20.3 Å². The second kappa shape index (κ2) is 4.15. The minimum atomic E-state index is 0.568. The fourth-order valence-electron chi connectivity index (χ4n) is 1.60. The molecular formula is C12H12N4. The van der Waals surface area contributed by atoms with Crippen LogP contribution in [0.1, 0.15) is 24.0 Å². The number of aryl methyl sites for hydroxylation is 2. The first-order valence-electron chi connectivity index (χ1n) is 5.16. The lowest BCUT2D eigenvalue weighted by Gasteiger charge is -2.07. The van der Waals surface area contributed by atoms with Gasteiger partial charge in [-0.25, -0.2) is 9.97 Å². The van der Waals surface area contributed by atoms with E-state index in [9.17, 15) is 0 Å². The third-order valence-corrected chi connectivity index (χ3v) is 2.40. The molecule has 0 atom stereocenters. The van der Waals surface area contributed by atoms with Gasteiger partial charge in [-0.3, -0.25) is 4.57 Å². The standard InChI is InChI=1S/C12H12N4/c1-3-11-14-6-7-16(11)12-10(8-13)5-4-9(2)15-12/h4-7H,3H2,1-2H3. The first-order valence-corrected chi connectivity index (χ1v) is 5.16. The van der Waals surface area contributed by atoms with Crippen molar-refractivity contribution in [1.82, 2.24) is 14.5 Å². The van der Waals surface area contributed by atoms with Gasteiger partial charge in [0.2, 0.25) is 0 Å². The predicted molar refractivity (Wildman–Crippen MR) is 60.2 cm³/mol. The normalized spacial score (nSPS) is 10.1. The lowest BCUT2D eigenvalue weighted by atomic mass is 10.2. The molecule has 16 heavy (non-hydrogen) atoms. The second-order valence-electron chi connectivity index (χ2n) is 3.50. The van der Waals surface area contributed by atoms with Gasteiger partial charge in [-0.15, -0.1) is 0 Å². The van der Waals surface area contributed by atoms with Crippen molar-refractivity contribution in [2.75, 3.05) is 0 Å². The summed E-state index contributed by atoms with van der Waals surface area (Å²) < 4.78 is 1.87. The van der Waals surface area contributed by atoms with E-state index in [1.54, 1.807) is 12.3 Å². The number of nitriles is 1. The van der Waals surface area contributed by atoms with Crippen LogP contribution < -0.4 is 0 Å². The number of nitrogens with zero attached hydrogens (tertiary/aromatic N) is 4. The maximum absolute atomic E-state index is 9.05. The molecule has 2 rings (SSSR count). The first kappa shape index (κ1) is 10.4. The topological polar surface area (TPSA) is 54.5 Å². The van der Waals surface area contributed by atoms with Gasteiger partial charge >= 0.3 is 0 Å². The Balaban J connectivity index is 2.64. The molecule has 0 aliphatic rings. The van der Waals surface area contributed by atoms with E-state index in [4.69, 9.17) is 5.26 Å². The zero-order chi connectivity index (χ0) is 11.5. The summed E-state index contributed by atoms with van der Waals surface area (Å²) in [5.41, 5.74) is 1.46. The Kier molecular flexibility index (Phi) is 2.69. The number of hydrogen-bond donors (Lipinski definition) is 0. The molecule has 0 radical (unpaired) electrons. The molecule has 4 nitrogen and oxygen atoms in total. The van der Waals surface area contributed by atoms with Crippen LogP contribution >= 0.6 is 0 Å². The summed E-state index contributed by atoms with van der Waals surface area (Å²) in [5.74, 6) is 1.58. The van der Waals surface area contributed by atoms with Crippen LogP contribution in [-0.2, 0) is 6.42 Å². The Hall–Kier alpha value is -2.15. The van der Waals surface area contributed by atoms with E-state index >= 15 is 0 Å². The van der Waals surface area contributed by atoms with Gasteiger partial charge in [-0.2, -0.15) is 5.26 Å². The van der Waals surface area contributed by atoms with Gasteiger partial charge in [-0.05, 0) is 19.1 Å². The van der Waals surface area contributed by atoms with Crippen LogP contribution in [0, 0.1) is 18.3 Å². The zero-order valence-corrected chi connectivity index (χ0v) is 9.31. The lowest BCUT2D eigenvalue weighted by molar-refractivity contribution is 0.859. The van der Waals surface area contributed by atoms with Gasteiger partial charge in [0.05, 0.1) is 5.56 Å². The van der Waals surface area contributed by atoms with E-state index in [1.807, 2.05) is 30.7 Å². The van der Waals surface area contributed by atoms with Crippen molar-refractivity contribution in [3.05, 3.63) is 41.6 Å². The Morgan fingerprint density at radius 1 is 1.44 bits per heavy atom. The molecule has 0 amide bonds. The summed E-state index contributed by atoms with van der Waals surface area (Å²) in [4.78, 5) is 8.63. The van der Waals surface area contributed by atoms with Crippen LogP contribution in [0.2, 0.25) is 0 Å². The van der Waals surface area contributed by atoms with E-state index < -0.39 is 0 Å². The van der Waals surface area contributed by atoms with Crippen molar-refractivity contribution in [3.8, 4) is 11.9 Å². The van der Waals surface area contributed by atoms with Gasteiger partial charge < -0.3 is 0 Å². The SMILES string of the molecule is CCc1nccn1-c1nc(C)ccc1C#N. The maximum atomic E-state index is 9.05. The molecule has 0 aromatic carbocycles. The number of aromatic nitrogens is 3. The third-order valence-electron chi connectivity index (χ3n) is 2.40. The summed E-state index contributed by atoms with van der Waals surface area (Å²) in [6.45, 7) is 3.94. The van der Waals surface area contributed by atoms with Crippen molar-refractivity contribution in [2.24, 2.45) is 0 Å². The van der Waals surface area contributed by atoms with Crippen LogP contribution in [0.15, 0.2) is 24.5 Å². The quantitative estimate of drug-likeness (QED) is 0.765. The van der Waals surface area contributed by atoms with Gasteiger partial charge in [0.25, 0.3) is 0 Å². The third kappa shape index (κ3) is 1.68. The lowest BCUT2D eigenvalue weighted by Crippen LogP contribution is -2.05. The molecule has 4 heteroatoms. The minimum Gasteiger partial charge on any atom is -0.287 e. The van der Waals surface area contributed by atoms with E-state index in [-0.39, 0.29) is 0 Å². The first-order chi connectivity index (χ1) is 7.76. The molecule has 2 aromatic rings. The zero-order valence-electron chi connectivity index (χ0n) is 9.31. The van der Waals surface area contributed by atoms with Crippen molar-refractivity contribution in [1.29, 1.82) is 5.26 Å². The molecule has 0 aliphatic carbocycles. The van der Waals surface area contributed by atoms with Crippen LogP contribution in [0.5, 0.6) is 0 Å². The highest BCUT2D eigenvalue weighted by atomic mass is 15.1. The summed E-state index contributed by atoms with van der Waals surface area (Å²) in [6, 6.07) is 5.78. The average Bonchev–Trinajstić information content (AvgIpc) is 2.76. The van der Waals surface area contributed by atoms with E-state index in [2.05, 4.69) is 16.0 Å². The van der Waals surface area contributed by atoms with Gasteiger partial charge in [-0.1, -0.05) is 6.92 Å². The van der Waals surface area contributed by atoms with Gasteiger partial charge in [0.1, 0.15) is 11.9 Å². The summed E-state index contributed by atoms with van der Waals surface area (Å²) in [5, 5.41) is 9.05. The molecule has 0 aliphatic heterocycles. The molecule has 2 aromatic heterocycles. The van der Waals surface area contributed by atoms with Crippen LogP contribution in [0.25, 0.3) is 5.82 Å².